The standard InChI is InChI=1S/C19H21F2N7O2/c1-11-8-24-28(9-12-7-13(20)5-6-14(12)21)16(11)26-19(29)25-15-17(27(2)3)22-10-23-18(15)30-4/h5-8,10H,9H2,1-4H3,(H2,25,26,29). The first-order valence-electron chi connectivity index (χ1n) is 8.90. The maximum atomic E-state index is 14.0. The zero-order chi connectivity index (χ0) is 21.8. The summed E-state index contributed by atoms with van der Waals surface area (Å²) in [5.74, 6) is -0.157. The van der Waals surface area contributed by atoms with Crippen LogP contribution in [0, 0.1) is 18.6 Å². The third-order valence-corrected chi connectivity index (χ3v) is 4.23. The molecule has 0 saturated heterocycles. The average Bonchev–Trinajstić information content (AvgIpc) is 3.04. The van der Waals surface area contributed by atoms with Crippen LogP contribution in [-0.4, -0.2) is 47.0 Å². The molecule has 2 N–H and O–H groups in total. The lowest BCUT2D eigenvalue weighted by Crippen LogP contribution is -2.25. The first kappa shape index (κ1) is 21.0. The number of nitrogens with one attached hydrogen (secondary N) is 2. The number of urea groups is 1. The average molecular weight is 417 g/mol. The number of amides is 2. The van der Waals surface area contributed by atoms with Crippen LogP contribution in [-0.2, 0) is 6.54 Å². The lowest BCUT2D eigenvalue weighted by molar-refractivity contribution is 0.261. The van der Waals surface area contributed by atoms with E-state index >= 15 is 0 Å². The number of halogens is 2. The Balaban J connectivity index is 1.84. The van der Waals surface area contributed by atoms with E-state index < -0.39 is 17.7 Å². The summed E-state index contributed by atoms with van der Waals surface area (Å²) in [6, 6.07) is 2.57. The molecule has 0 saturated carbocycles. The van der Waals surface area contributed by atoms with Crippen molar-refractivity contribution in [2.24, 2.45) is 0 Å². The molecule has 0 atom stereocenters. The molecule has 0 bridgehead atoms. The fourth-order valence-electron chi connectivity index (χ4n) is 2.80. The first-order chi connectivity index (χ1) is 14.3. The van der Waals surface area contributed by atoms with Gasteiger partial charge < -0.3 is 9.64 Å². The normalized spacial score (nSPS) is 10.6. The summed E-state index contributed by atoms with van der Waals surface area (Å²) < 4.78 is 34.1. The Morgan fingerprint density at radius 2 is 2.00 bits per heavy atom. The van der Waals surface area contributed by atoms with Gasteiger partial charge in [-0.3, -0.25) is 10.6 Å². The van der Waals surface area contributed by atoms with Crippen molar-refractivity contribution >= 4 is 23.4 Å². The SMILES string of the molecule is COc1ncnc(N(C)C)c1NC(=O)Nc1c(C)cnn1Cc1cc(F)ccc1F. The summed E-state index contributed by atoms with van der Waals surface area (Å²) in [4.78, 5) is 22.5. The van der Waals surface area contributed by atoms with E-state index in [1.807, 2.05) is 0 Å². The summed E-state index contributed by atoms with van der Waals surface area (Å²) >= 11 is 0. The quantitative estimate of drug-likeness (QED) is 0.640. The van der Waals surface area contributed by atoms with Crippen LogP contribution in [0.5, 0.6) is 5.88 Å². The van der Waals surface area contributed by atoms with Gasteiger partial charge in [0, 0.05) is 25.2 Å². The Morgan fingerprint density at radius 1 is 1.23 bits per heavy atom. The maximum absolute atomic E-state index is 14.0. The number of carbonyl (C=O) groups is 1. The molecule has 2 amide bonds. The molecule has 0 radical (unpaired) electrons. The highest BCUT2D eigenvalue weighted by Crippen LogP contribution is 2.30. The van der Waals surface area contributed by atoms with E-state index in [0.29, 0.717) is 17.2 Å². The van der Waals surface area contributed by atoms with Gasteiger partial charge in [-0.15, -0.1) is 0 Å². The molecule has 30 heavy (non-hydrogen) atoms. The van der Waals surface area contributed by atoms with Gasteiger partial charge in [0.2, 0.25) is 5.88 Å². The van der Waals surface area contributed by atoms with Crippen LogP contribution < -0.4 is 20.3 Å². The van der Waals surface area contributed by atoms with Crippen molar-refractivity contribution < 1.29 is 18.3 Å². The highest BCUT2D eigenvalue weighted by atomic mass is 19.1. The molecule has 11 heteroatoms. The van der Waals surface area contributed by atoms with Crippen LogP contribution in [0.15, 0.2) is 30.7 Å². The predicted molar refractivity (Wildman–Crippen MR) is 108 cm³/mol. The third-order valence-electron chi connectivity index (χ3n) is 4.23. The van der Waals surface area contributed by atoms with Gasteiger partial charge in [0.15, 0.2) is 5.82 Å². The molecular formula is C19H21F2N7O2. The maximum Gasteiger partial charge on any atom is 0.325 e. The van der Waals surface area contributed by atoms with Crippen LogP contribution in [0.3, 0.4) is 0 Å². The van der Waals surface area contributed by atoms with Crippen molar-refractivity contribution in [1.29, 1.82) is 0 Å². The minimum absolute atomic E-state index is 0.0617. The topological polar surface area (TPSA) is 97.2 Å². The van der Waals surface area contributed by atoms with Crippen LogP contribution in [0.1, 0.15) is 11.1 Å². The second-order valence-electron chi connectivity index (χ2n) is 6.62. The molecule has 0 aliphatic rings. The molecule has 2 heterocycles. The Hall–Kier alpha value is -3.76. The zero-order valence-electron chi connectivity index (χ0n) is 16.9. The molecule has 0 unspecified atom stereocenters. The van der Waals surface area contributed by atoms with Crippen molar-refractivity contribution in [1.82, 2.24) is 19.7 Å². The van der Waals surface area contributed by atoms with Crippen molar-refractivity contribution in [2.45, 2.75) is 13.5 Å². The lowest BCUT2D eigenvalue weighted by Gasteiger charge is -2.18. The molecule has 0 aliphatic carbocycles. The molecule has 9 nitrogen and oxygen atoms in total. The number of rotatable bonds is 6. The Labute approximate surface area is 171 Å². The third kappa shape index (κ3) is 4.45. The highest BCUT2D eigenvalue weighted by molar-refractivity contribution is 6.02. The fraction of sp³-hybridized carbons (Fsp3) is 0.263. The van der Waals surface area contributed by atoms with E-state index in [9.17, 15) is 13.6 Å². The molecular weight excluding hydrogens is 396 g/mol. The molecule has 3 rings (SSSR count). The van der Waals surface area contributed by atoms with E-state index in [2.05, 4.69) is 25.7 Å². The minimum Gasteiger partial charge on any atom is -0.479 e. The molecule has 2 aromatic heterocycles. The number of aromatic nitrogens is 4. The summed E-state index contributed by atoms with van der Waals surface area (Å²) in [6.07, 6.45) is 2.84. The van der Waals surface area contributed by atoms with Crippen LogP contribution in [0.4, 0.5) is 30.9 Å². The van der Waals surface area contributed by atoms with Crippen LogP contribution >= 0.6 is 0 Å². The monoisotopic (exact) mass is 417 g/mol. The van der Waals surface area contributed by atoms with E-state index in [1.54, 1.807) is 25.9 Å². The van der Waals surface area contributed by atoms with Gasteiger partial charge in [-0.1, -0.05) is 0 Å². The van der Waals surface area contributed by atoms with Gasteiger partial charge in [0.1, 0.15) is 29.5 Å². The molecule has 158 valence electrons. The Morgan fingerprint density at radius 3 is 2.70 bits per heavy atom. The largest absolute Gasteiger partial charge is 0.479 e. The van der Waals surface area contributed by atoms with Gasteiger partial charge in [0.05, 0.1) is 19.9 Å². The van der Waals surface area contributed by atoms with Gasteiger partial charge in [0.25, 0.3) is 0 Å². The number of hydrogen-bond donors (Lipinski definition) is 2. The van der Waals surface area contributed by atoms with E-state index in [4.69, 9.17) is 4.74 Å². The Kier molecular flexibility index (Phi) is 6.09. The van der Waals surface area contributed by atoms with E-state index in [1.165, 1.54) is 24.3 Å². The molecule has 0 aliphatic heterocycles. The van der Waals surface area contributed by atoms with Gasteiger partial charge in [-0.25, -0.2) is 23.2 Å². The summed E-state index contributed by atoms with van der Waals surface area (Å²) in [5.41, 5.74) is 1.03. The number of aryl methyl sites for hydroxylation is 1. The highest BCUT2D eigenvalue weighted by Gasteiger charge is 2.19. The molecule has 3 aromatic rings. The fourth-order valence-corrected chi connectivity index (χ4v) is 2.80. The minimum atomic E-state index is -0.601. The summed E-state index contributed by atoms with van der Waals surface area (Å²) in [7, 11) is 4.95. The second-order valence-corrected chi connectivity index (χ2v) is 6.62. The summed E-state index contributed by atoms with van der Waals surface area (Å²) in [5, 5.41) is 9.50. The smallest absolute Gasteiger partial charge is 0.325 e. The van der Waals surface area contributed by atoms with Crippen LogP contribution in [0.25, 0.3) is 0 Å². The van der Waals surface area contributed by atoms with Crippen molar-refractivity contribution in [3.05, 3.63) is 53.5 Å². The predicted octanol–water partition coefficient (Wildman–Crippen LogP) is 3.03. The number of nitrogens with zero attached hydrogens (tertiary/aromatic N) is 5. The molecule has 1 aromatic carbocycles. The lowest BCUT2D eigenvalue weighted by atomic mass is 10.2. The number of carbonyl (C=O) groups excluding carboxylic acids is 1. The zero-order valence-corrected chi connectivity index (χ0v) is 16.9. The number of anilines is 3. The van der Waals surface area contributed by atoms with E-state index in [-0.39, 0.29) is 23.7 Å². The van der Waals surface area contributed by atoms with Crippen molar-refractivity contribution in [2.75, 3.05) is 36.7 Å². The van der Waals surface area contributed by atoms with Crippen molar-refractivity contribution in [3.63, 3.8) is 0 Å². The number of methoxy groups -OCH3 is 1. The van der Waals surface area contributed by atoms with Gasteiger partial charge in [-0.2, -0.15) is 10.1 Å². The number of hydrogen-bond acceptors (Lipinski definition) is 6. The van der Waals surface area contributed by atoms with Gasteiger partial charge in [-0.05, 0) is 25.1 Å². The van der Waals surface area contributed by atoms with Crippen LogP contribution in [0.2, 0.25) is 0 Å². The molecule has 0 spiro atoms. The number of benzene rings is 1. The van der Waals surface area contributed by atoms with Crippen molar-refractivity contribution in [3.8, 4) is 5.88 Å². The Bertz CT molecular complexity index is 1070. The summed E-state index contributed by atoms with van der Waals surface area (Å²) in [6.45, 7) is 1.67. The van der Waals surface area contributed by atoms with E-state index in [0.717, 1.165) is 18.2 Å². The number of ether oxygens (including phenoxy) is 1. The first-order valence-corrected chi connectivity index (χ1v) is 8.90. The van der Waals surface area contributed by atoms with Gasteiger partial charge >= 0.3 is 6.03 Å². The second kappa shape index (κ2) is 8.72. The molecule has 0 fully saturated rings.